The average Bonchev–Trinajstić information content (AvgIpc) is 2.70. The van der Waals surface area contributed by atoms with Gasteiger partial charge < -0.3 is 25.0 Å². The fourth-order valence-corrected chi connectivity index (χ4v) is 3.64. The van der Waals surface area contributed by atoms with Crippen LogP contribution in [0.25, 0.3) is 11.1 Å². The molecule has 3 N–H and O–H groups in total. The standard InChI is InChI=1S/C24H29Cl2NO6/c1-5-32-22(30)21(29)20(28)19(27-23(31)33-24(2,3)4)10-14-6-8-15(9-7-14)16-11-17(25)13-18(26)12-16/h6-9,11-13,19-21,28-29H,5,10H2,1-4H3,(H,27,31). The summed E-state index contributed by atoms with van der Waals surface area (Å²) in [6.07, 6.45) is -4.12. The van der Waals surface area contributed by atoms with Crippen LogP contribution < -0.4 is 5.32 Å². The summed E-state index contributed by atoms with van der Waals surface area (Å²) < 4.78 is 10.0. The summed E-state index contributed by atoms with van der Waals surface area (Å²) in [7, 11) is 0. The summed E-state index contributed by atoms with van der Waals surface area (Å²) in [6.45, 7) is 6.73. The molecule has 0 radical (unpaired) electrons. The van der Waals surface area contributed by atoms with E-state index < -0.39 is 35.9 Å². The molecule has 180 valence electrons. The molecule has 0 aliphatic rings. The summed E-state index contributed by atoms with van der Waals surface area (Å²) >= 11 is 12.2. The van der Waals surface area contributed by atoms with Crippen LogP contribution in [-0.4, -0.2) is 52.7 Å². The van der Waals surface area contributed by atoms with Gasteiger partial charge in [0.2, 0.25) is 0 Å². The summed E-state index contributed by atoms with van der Waals surface area (Å²) in [5, 5.41) is 24.4. The Labute approximate surface area is 203 Å². The van der Waals surface area contributed by atoms with Crippen molar-refractivity contribution in [3.05, 3.63) is 58.1 Å². The minimum absolute atomic E-state index is 0.0434. The number of aliphatic hydroxyl groups is 2. The highest BCUT2D eigenvalue weighted by Crippen LogP contribution is 2.27. The quantitative estimate of drug-likeness (QED) is 0.467. The molecule has 0 aromatic heterocycles. The van der Waals surface area contributed by atoms with Crippen LogP contribution in [0.1, 0.15) is 33.3 Å². The van der Waals surface area contributed by atoms with Crippen LogP contribution in [-0.2, 0) is 20.7 Å². The number of ether oxygens (including phenoxy) is 2. The van der Waals surface area contributed by atoms with E-state index in [1.54, 1.807) is 58.0 Å². The van der Waals surface area contributed by atoms with Crippen LogP contribution in [0.3, 0.4) is 0 Å². The number of aliphatic hydroxyl groups excluding tert-OH is 2. The van der Waals surface area contributed by atoms with E-state index in [-0.39, 0.29) is 13.0 Å². The Morgan fingerprint density at radius 2 is 1.58 bits per heavy atom. The number of amides is 1. The van der Waals surface area contributed by atoms with Gasteiger partial charge in [0.05, 0.1) is 12.6 Å². The highest BCUT2D eigenvalue weighted by Gasteiger charge is 2.34. The Kier molecular flexibility index (Phi) is 9.55. The van der Waals surface area contributed by atoms with Crippen molar-refractivity contribution in [2.75, 3.05) is 6.61 Å². The highest BCUT2D eigenvalue weighted by atomic mass is 35.5. The molecule has 33 heavy (non-hydrogen) atoms. The summed E-state index contributed by atoms with van der Waals surface area (Å²) in [5.41, 5.74) is 1.68. The van der Waals surface area contributed by atoms with E-state index in [2.05, 4.69) is 5.32 Å². The zero-order chi connectivity index (χ0) is 24.8. The van der Waals surface area contributed by atoms with Crippen molar-refractivity contribution in [1.82, 2.24) is 5.32 Å². The number of alkyl carbamates (subject to hydrolysis) is 1. The van der Waals surface area contributed by atoms with E-state index in [1.807, 2.05) is 12.1 Å². The van der Waals surface area contributed by atoms with Gasteiger partial charge in [0.25, 0.3) is 0 Å². The first-order valence-electron chi connectivity index (χ1n) is 10.5. The molecule has 3 atom stereocenters. The van der Waals surface area contributed by atoms with Gasteiger partial charge >= 0.3 is 12.1 Å². The van der Waals surface area contributed by atoms with Crippen molar-refractivity contribution in [3.63, 3.8) is 0 Å². The van der Waals surface area contributed by atoms with Gasteiger partial charge in [-0.3, -0.25) is 0 Å². The van der Waals surface area contributed by atoms with Gasteiger partial charge in [0.15, 0.2) is 6.10 Å². The maximum Gasteiger partial charge on any atom is 0.407 e. The fraction of sp³-hybridized carbons (Fsp3) is 0.417. The Balaban J connectivity index is 2.23. The number of hydrogen-bond donors (Lipinski definition) is 3. The van der Waals surface area contributed by atoms with Crippen molar-refractivity contribution in [3.8, 4) is 11.1 Å². The van der Waals surface area contributed by atoms with E-state index >= 15 is 0 Å². The third kappa shape index (κ3) is 8.51. The molecule has 3 unspecified atom stereocenters. The van der Waals surface area contributed by atoms with Crippen LogP contribution in [0, 0.1) is 0 Å². The van der Waals surface area contributed by atoms with Gasteiger partial charge in [-0.25, -0.2) is 9.59 Å². The second kappa shape index (κ2) is 11.7. The molecule has 2 aromatic rings. The molecular weight excluding hydrogens is 469 g/mol. The first-order valence-corrected chi connectivity index (χ1v) is 11.2. The molecule has 1 amide bonds. The van der Waals surface area contributed by atoms with Gasteiger partial charge in [-0.2, -0.15) is 0 Å². The smallest absolute Gasteiger partial charge is 0.407 e. The van der Waals surface area contributed by atoms with Crippen LogP contribution in [0.4, 0.5) is 4.79 Å². The third-order valence-corrected chi connectivity index (χ3v) is 5.01. The van der Waals surface area contributed by atoms with E-state index in [1.165, 1.54) is 0 Å². The lowest BCUT2D eigenvalue weighted by atomic mass is 9.96. The Hall–Kier alpha value is -2.32. The molecule has 0 heterocycles. The number of rotatable bonds is 8. The van der Waals surface area contributed by atoms with Gasteiger partial charge in [0.1, 0.15) is 11.7 Å². The zero-order valence-electron chi connectivity index (χ0n) is 19.0. The largest absolute Gasteiger partial charge is 0.464 e. The molecule has 2 rings (SSSR count). The predicted molar refractivity (Wildman–Crippen MR) is 127 cm³/mol. The number of carbonyl (C=O) groups is 2. The number of halogens is 2. The molecule has 0 bridgehead atoms. The minimum atomic E-state index is -1.84. The molecule has 0 saturated heterocycles. The van der Waals surface area contributed by atoms with Crippen molar-refractivity contribution in [2.45, 2.75) is 58.0 Å². The SMILES string of the molecule is CCOC(=O)C(O)C(O)C(Cc1ccc(-c2cc(Cl)cc(Cl)c2)cc1)NC(=O)OC(C)(C)C. The van der Waals surface area contributed by atoms with Crippen LogP contribution in [0.15, 0.2) is 42.5 Å². The summed E-state index contributed by atoms with van der Waals surface area (Å²) in [4.78, 5) is 24.2. The van der Waals surface area contributed by atoms with Crippen molar-refractivity contribution in [2.24, 2.45) is 0 Å². The van der Waals surface area contributed by atoms with Crippen molar-refractivity contribution >= 4 is 35.3 Å². The second-order valence-corrected chi connectivity index (χ2v) is 9.37. The van der Waals surface area contributed by atoms with E-state index in [0.717, 1.165) is 16.7 Å². The number of carbonyl (C=O) groups excluding carboxylic acids is 2. The number of nitrogens with one attached hydrogen (secondary N) is 1. The Bertz CT molecular complexity index is 938. The van der Waals surface area contributed by atoms with Crippen molar-refractivity contribution in [1.29, 1.82) is 0 Å². The lowest BCUT2D eigenvalue weighted by Gasteiger charge is -2.28. The van der Waals surface area contributed by atoms with Crippen LogP contribution >= 0.6 is 23.2 Å². The number of esters is 1. The van der Waals surface area contributed by atoms with Gasteiger partial charge in [-0.1, -0.05) is 47.5 Å². The van der Waals surface area contributed by atoms with E-state index in [9.17, 15) is 19.8 Å². The Morgan fingerprint density at radius 1 is 1.00 bits per heavy atom. The van der Waals surface area contributed by atoms with Crippen LogP contribution in [0.5, 0.6) is 0 Å². The lowest BCUT2D eigenvalue weighted by molar-refractivity contribution is -0.160. The van der Waals surface area contributed by atoms with E-state index in [4.69, 9.17) is 32.7 Å². The first kappa shape index (κ1) is 26.9. The number of benzene rings is 2. The number of hydrogen-bond acceptors (Lipinski definition) is 6. The fourth-order valence-electron chi connectivity index (χ4n) is 3.11. The zero-order valence-corrected chi connectivity index (χ0v) is 20.5. The van der Waals surface area contributed by atoms with Gasteiger partial charge in [0, 0.05) is 10.0 Å². The lowest BCUT2D eigenvalue weighted by Crippen LogP contribution is -2.53. The normalized spacial score (nSPS) is 14.2. The summed E-state index contributed by atoms with van der Waals surface area (Å²) in [6, 6.07) is 11.5. The van der Waals surface area contributed by atoms with Gasteiger partial charge in [-0.05, 0) is 69.0 Å². The maximum absolute atomic E-state index is 12.3. The minimum Gasteiger partial charge on any atom is -0.464 e. The van der Waals surface area contributed by atoms with E-state index in [0.29, 0.717) is 10.0 Å². The van der Waals surface area contributed by atoms with Gasteiger partial charge in [-0.15, -0.1) is 0 Å². The molecule has 9 heteroatoms. The molecular formula is C24H29Cl2NO6. The monoisotopic (exact) mass is 497 g/mol. The molecule has 0 aliphatic heterocycles. The second-order valence-electron chi connectivity index (χ2n) is 8.50. The van der Waals surface area contributed by atoms with Crippen LogP contribution in [0.2, 0.25) is 10.0 Å². The third-order valence-electron chi connectivity index (χ3n) is 4.57. The maximum atomic E-state index is 12.3. The predicted octanol–water partition coefficient (Wildman–Crippen LogP) is 4.38. The molecule has 0 spiro atoms. The topological polar surface area (TPSA) is 105 Å². The summed E-state index contributed by atoms with van der Waals surface area (Å²) in [5.74, 6) is -0.978. The molecule has 7 nitrogen and oxygen atoms in total. The average molecular weight is 498 g/mol. The Morgan fingerprint density at radius 3 is 2.09 bits per heavy atom. The first-order chi connectivity index (χ1) is 15.4. The van der Waals surface area contributed by atoms with Crippen molar-refractivity contribution < 1.29 is 29.3 Å². The molecule has 0 aliphatic carbocycles. The highest BCUT2D eigenvalue weighted by molar-refractivity contribution is 6.35. The molecule has 0 fully saturated rings. The molecule has 0 saturated carbocycles. The molecule has 2 aromatic carbocycles.